The van der Waals surface area contributed by atoms with Gasteiger partial charge in [0.2, 0.25) is 0 Å². The van der Waals surface area contributed by atoms with Crippen molar-refractivity contribution in [1.82, 2.24) is 0 Å². The fourth-order valence-electron chi connectivity index (χ4n) is 3.75. The molecular weight excluding hydrogens is 288 g/mol. The molecule has 2 rings (SSSR count). The van der Waals surface area contributed by atoms with Crippen LogP contribution in [0, 0.1) is 12.1 Å². The first kappa shape index (κ1) is 18.8. The van der Waals surface area contributed by atoms with Gasteiger partial charge in [-0.1, -0.05) is 79.7 Å². The van der Waals surface area contributed by atoms with Crippen molar-refractivity contribution in [3.05, 3.63) is 58.7 Å². The molecular formula is C24H32. The van der Waals surface area contributed by atoms with Crippen LogP contribution in [0.2, 0.25) is 0 Å². The number of hydrogen-bond acceptors (Lipinski definition) is 0. The molecule has 2 aromatic carbocycles. The highest BCUT2D eigenvalue weighted by Crippen LogP contribution is 2.43. The van der Waals surface area contributed by atoms with Gasteiger partial charge in [-0.2, -0.15) is 0 Å². The normalized spacial score (nSPS) is 12.0. The van der Waals surface area contributed by atoms with Crippen molar-refractivity contribution < 1.29 is 0 Å². The summed E-state index contributed by atoms with van der Waals surface area (Å²) in [5.41, 5.74) is 8.31. The van der Waals surface area contributed by atoms with E-state index in [-0.39, 0.29) is 0 Å². The Morgan fingerprint density at radius 2 is 1.25 bits per heavy atom. The van der Waals surface area contributed by atoms with Gasteiger partial charge in [-0.05, 0) is 69.2 Å². The Hall–Kier alpha value is -1.56. The minimum Gasteiger partial charge on any atom is -0.0616 e. The fourth-order valence-corrected chi connectivity index (χ4v) is 3.75. The molecule has 24 heavy (non-hydrogen) atoms. The van der Waals surface area contributed by atoms with Crippen LogP contribution in [-0.2, 0) is 0 Å². The van der Waals surface area contributed by atoms with Crippen LogP contribution in [0.25, 0.3) is 11.1 Å². The lowest BCUT2D eigenvalue weighted by Gasteiger charge is -2.29. The predicted molar refractivity (Wildman–Crippen MR) is 106 cm³/mol. The molecule has 0 atom stereocenters. The summed E-state index contributed by atoms with van der Waals surface area (Å²) in [5, 5.41) is 0. The smallest absolute Gasteiger partial charge is 0.00552 e. The number of rotatable bonds is 5. The van der Waals surface area contributed by atoms with Crippen molar-refractivity contribution in [1.29, 1.82) is 0 Å². The van der Waals surface area contributed by atoms with Gasteiger partial charge in [-0.15, -0.1) is 0 Å². The van der Waals surface area contributed by atoms with E-state index in [4.69, 9.17) is 0 Å². The van der Waals surface area contributed by atoms with E-state index in [1.165, 1.54) is 33.4 Å². The first-order valence-electron chi connectivity index (χ1n) is 9.35. The van der Waals surface area contributed by atoms with E-state index in [0.29, 0.717) is 23.7 Å². The minimum absolute atomic E-state index is 0.473. The second-order valence-corrected chi connectivity index (χ2v) is 8.05. The van der Waals surface area contributed by atoms with Gasteiger partial charge in [-0.25, -0.2) is 0 Å². The monoisotopic (exact) mass is 320 g/mol. The Kier molecular flexibility index (Phi) is 5.91. The molecule has 2 radical (unpaired) electrons. The summed E-state index contributed by atoms with van der Waals surface area (Å²) < 4.78 is 0. The van der Waals surface area contributed by atoms with Gasteiger partial charge in [0.1, 0.15) is 0 Å². The first-order valence-corrected chi connectivity index (χ1v) is 9.35. The average Bonchev–Trinajstić information content (AvgIpc) is 2.53. The van der Waals surface area contributed by atoms with Crippen LogP contribution in [-0.4, -0.2) is 0 Å². The third-order valence-electron chi connectivity index (χ3n) is 4.69. The van der Waals surface area contributed by atoms with E-state index in [1.807, 2.05) is 12.1 Å². The quantitative estimate of drug-likeness (QED) is 0.536. The molecule has 0 saturated heterocycles. The standard InChI is InChI=1S/C24H32/c1-15(2)20-14-21(19-12-10-9-11-13-19)23(17(5)6)24(18(7)8)22(20)16(3)4/h9-12,15-18H,1-8H3. The molecule has 0 saturated carbocycles. The lowest BCUT2D eigenvalue weighted by Crippen LogP contribution is -2.12. The summed E-state index contributed by atoms with van der Waals surface area (Å²) in [4.78, 5) is 0. The van der Waals surface area contributed by atoms with E-state index in [2.05, 4.69) is 79.7 Å². The van der Waals surface area contributed by atoms with Gasteiger partial charge in [0.15, 0.2) is 0 Å². The zero-order chi connectivity index (χ0) is 18.0. The molecule has 0 aliphatic heterocycles. The molecule has 0 heterocycles. The van der Waals surface area contributed by atoms with Gasteiger partial charge < -0.3 is 0 Å². The van der Waals surface area contributed by atoms with Crippen molar-refractivity contribution in [3.63, 3.8) is 0 Å². The van der Waals surface area contributed by atoms with Crippen molar-refractivity contribution in [2.24, 2.45) is 0 Å². The molecule has 0 aliphatic rings. The SMILES string of the molecule is CC(C)c1[c]c(-c2[c]cccc2)c(C(C)C)c(C(C)C)c1C(C)C. The maximum absolute atomic E-state index is 3.82. The first-order chi connectivity index (χ1) is 11.3. The highest BCUT2D eigenvalue weighted by atomic mass is 14.3. The highest BCUT2D eigenvalue weighted by Gasteiger charge is 2.25. The van der Waals surface area contributed by atoms with E-state index in [0.717, 1.165) is 0 Å². The third-order valence-corrected chi connectivity index (χ3v) is 4.69. The second-order valence-electron chi connectivity index (χ2n) is 8.05. The maximum Gasteiger partial charge on any atom is -0.00552 e. The summed E-state index contributed by atoms with van der Waals surface area (Å²) >= 11 is 0. The molecule has 0 bridgehead atoms. The summed E-state index contributed by atoms with van der Waals surface area (Å²) in [6, 6.07) is 15.6. The predicted octanol–water partition coefficient (Wildman–Crippen LogP) is 7.45. The number of benzene rings is 2. The van der Waals surface area contributed by atoms with E-state index < -0.39 is 0 Å². The molecule has 0 heteroatoms. The molecule has 0 fully saturated rings. The summed E-state index contributed by atoms with van der Waals surface area (Å²) in [6.07, 6.45) is 0. The minimum atomic E-state index is 0.473. The zero-order valence-corrected chi connectivity index (χ0v) is 16.6. The Labute approximate surface area is 149 Å². The van der Waals surface area contributed by atoms with Crippen LogP contribution >= 0.6 is 0 Å². The highest BCUT2D eigenvalue weighted by molar-refractivity contribution is 5.72. The van der Waals surface area contributed by atoms with Crippen LogP contribution in [0.1, 0.15) is 101 Å². The summed E-state index contributed by atoms with van der Waals surface area (Å²) in [5.74, 6) is 1.97. The largest absolute Gasteiger partial charge is 0.0616 e. The average molecular weight is 321 g/mol. The van der Waals surface area contributed by atoms with Crippen LogP contribution in [0.3, 0.4) is 0 Å². The van der Waals surface area contributed by atoms with Crippen molar-refractivity contribution in [2.75, 3.05) is 0 Å². The summed E-state index contributed by atoms with van der Waals surface area (Å²) in [6.45, 7) is 18.5. The molecule has 0 aromatic heterocycles. The Bertz CT molecular complexity index is 673. The second kappa shape index (κ2) is 7.55. The van der Waals surface area contributed by atoms with Crippen LogP contribution < -0.4 is 0 Å². The third kappa shape index (κ3) is 3.58. The molecule has 0 nitrogen and oxygen atoms in total. The fraction of sp³-hybridized carbons (Fsp3) is 0.500. The molecule has 2 aromatic rings. The lowest BCUT2D eigenvalue weighted by atomic mass is 9.75. The molecule has 0 spiro atoms. The van der Waals surface area contributed by atoms with E-state index in [1.54, 1.807) is 0 Å². The van der Waals surface area contributed by atoms with Gasteiger partial charge >= 0.3 is 0 Å². The Morgan fingerprint density at radius 1 is 0.667 bits per heavy atom. The van der Waals surface area contributed by atoms with Crippen molar-refractivity contribution in [3.8, 4) is 11.1 Å². The Morgan fingerprint density at radius 3 is 1.67 bits per heavy atom. The van der Waals surface area contributed by atoms with E-state index >= 15 is 0 Å². The van der Waals surface area contributed by atoms with Gasteiger partial charge in [0.25, 0.3) is 0 Å². The molecule has 128 valence electrons. The molecule has 0 N–H and O–H groups in total. The van der Waals surface area contributed by atoms with Crippen LogP contribution in [0.4, 0.5) is 0 Å². The maximum atomic E-state index is 3.82. The molecule has 0 aliphatic carbocycles. The van der Waals surface area contributed by atoms with Gasteiger partial charge in [0.05, 0.1) is 0 Å². The van der Waals surface area contributed by atoms with Gasteiger partial charge in [-0.3, -0.25) is 0 Å². The van der Waals surface area contributed by atoms with Crippen LogP contribution in [0.5, 0.6) is 0 Å². The van der Waals surface area contributed by atoms with Crippen molar-refractivity contribution in [2.45, 2.75) is 79.1 Å². The number of hydrogen-bond donors (Lipinski definition) is 0. The molecule has 0 unspecified atom stereocenters. The van der Waals surface area contributed by atoms with Crippen LogP contribution in [0.15, 0.2) is 24.3 Å². The molecule has 0 amide bonds. The zero-order valence-electron chi connectivity index (χ0n) is 16.6. The lowest BCUT2D eigenvalue weighted by molar-refractivity contribution is 0.721. The van der Waals surface area contributed by atoms with Crippen molar-refractivity contribution >= 4 is 0 Å². The van der Waals surface area contributed by atoms with Gasteiger partial charge in [0, 0.05) is 0 Å². The summed E-state index contributed by atoms with van der Waals surface area (Å²) in [7, 11) is 0. The topological polar surface area (TPSA) is 0 Å². The van der Waals surface area contributed by atoms with E-state index in [9.17, 15) is 0 Å². The Balaban J connectivity index is 2.95.